The van der Waals surface area contributed by atoms with Crippen LogP contribution in [-0.4, -0.2) is 54.5 Å². The number of benzene rings is 2. The van der Waals surface area contributed by atoms with Gasteiger partial charge in [0.2, 0.25) is 6.29 Å². The van der Waals surface area contributed by atoms with Crippen molar-refractivity contribution in [2.75, 3.05) is 38.1 Å². The van der Waals surface area contributed by atoms with Crippen molar-refractivity contribution < 1.29 is 9.84 Å². The van der Waals surface area contributed by atoms with E-state index >= 15 is 0 Å². The summed E-state index contributed by atoms with van der Waals surface area (Å²) in [5.74, 6) is 0.738. The molecule has 5 nitrogen and oxygen atoms in total. The zero-order valence-electron chi connectivity index (χ0n) is 16.1. The van der Waals surface area contributed by atoms with E-state index in [2.05, 4.69) is 40.0 Å². The highest BCUT2D eigenvalue weighted by Crippen LogP contribution is 2.37. The van der Waals surface area contributed by atoms with Gasteiger partial charge in [-0.1, -0.05) is 6.07 Å². The fraction of sp³-hybridized carbons (Fsp3) is 0.318. The van der Waals surface area contributed by atoms with Crippen molar-refractivity contribution in [2.45, 2.75) is 13.2 Å². The molecule has 0 radical (unpaired) electrons. The van der Waals surface area contributed by atoms with Crippen molar-refractivity contribution in [2.24, 2.45) is 0 Å². The van der Waals surface area contributed by atoms with E-state index in [4.69, 9.17) is 4.74 Å². The number of hydrogen-bond acceptors (Lipinski definition) is 6. The quantitative estimate of drug-likeness (QED) is 0.721. The van der Waals surface area contributed by atoms with Crippen molar-refractivity contribution in [3.8, 4) is 5.75 Å². The average molecular weight is 394 g/mol. The van der Waals surface area contributed by atoms with Gasteiger partial charge in [-0.15, -0.1) is 11.3 Å². The number of hydrogen-bond donors (Lipinski definition) is 1. The summed E-state index contributed by atoms with van der Waals surface area (Å²) in [6, 6.07) is 12.4. The number of thiazole rings is 1. The molecule has 5 rings (SSSR count). The molecule has 1 aromatic heterocycles. The number of aliphatic hydroxyl groups is 1. The Hall–Kier alpha value is -2.41. The molecule has 1 unspecified atom stereocenters. The number of piperazine rings is 1. The third-order valence-corrected chi connectivity index (χ3v) is 6.44. The van der Waals surface area contributed by atoms with Gasteiger partial charge >= 0.3 is 0 Å². The molecule has 2 aliphatic rings. The normalized spacial score (nSPS) is 20.0. The maximum Gasteiger partial charge on any atom is 0.224 e. The Morgan fingerprint density at radius 2 is 1.93 bits per heavy atom. The number of rotatable bonds is 2. The zero-order chi connectivity index (χ0) is 19.3. The predicted molar refractivity (Wildman–Crippen MR) is 115 cm³/mol. The summed E-state index contributed by atoms with van der Waals surface area (Å²) in [6.45, 7) is 6.14. The lowest BCUT2D eigenvalue weighted by molar-refractivity contribution is 0.0320. The lowest BCUT2D eigenvalue weighted by Crippen LogP contribution is -2.44. The van der Waals surface area contributed by atoms with Crippen molar-refractivity contribution in [3.05, 3.63) is 52.5 Å². The monoisotopic (exact) mass is 393 g/mol. The van der Waals surface area contributed by atoms with E-state index in [-0.39, 0.29) is 0 Å². The topological polar surface area (TPSA) is 48.8 Å². The lowest BCUT2D eigenvalue weighted by atomic mass is 9.99. The zero-order valence-corrected chi connectivity index (χ0v) is 16.9. The van der Waals surface area contributed by atoms with Crippen molar-refractivity contribution >= 4 is 38.9 Å². The maximum absolute atomic E-state index is 10.7. The highest BCUT2D eigenvalue weighted by Gasteiger charge is 2.24. The molecule has 3 aromatic rings. The molecule has 2 aromatic carbocycles. The Labute approximate surface area is 168 Å². The Bertz CT molecular complexity index is 1070. The van der Waals surface area contributed by atoms with Gasteiger partial charge in [-0.05, 0) is 49.9 Å². The number of anilines is 1. The van der Waals surface area contributed by atoms with Gasteiger partial charge in [-0.25, -0.2) is 4.98 Å². The number of aryl methyl sites for hydroxylation is 1. The van der Waals surface area contributed by atoms with Crippen LogP contribution in [0.1, 0.15) is 16.1 Å². The molecule has 1 atom stereocenters. The van der Waals surface area contributed by atoms with Gasteiger partial charge in [0.15, 0.2) is 0 Å². The van der Waals surface area contributed by atoms with Gasteiger partial charge in [-0.3, -0.25) is 0 Å². The fourth-order valence-electron chi connectivity index (χ4n) is 3.87. The van der Waals surface area contributed by atoms with Crippen molar-refractivity contribution in [1.29, 1.82) is 0 Å². The molecule has 28 heavy (non-hydrogen) atoms. The SMILES string of the molecule is Cc1nc2ccc(C3=Cc4ccc(N5CCN(C)CC5)cc4OC3O)cc2s1. The first-order chi connectivity index (χ1) is 13.6. The molecule has 1 N–H and O–H groups in total. The molecule has 0 spiro atoms. The second-order valence-electron chi connectivity index (χ2n) is 7.50. The van der Waals surface area contributed by atoms with Gasteiger partial charge in [0.05, 0.1) is 15.2 Å². The summed E-state index contributed by atoms with van der Waals surface area (Å²) < 4.78 is 7.03. The minimum atomic E-state index is -0.971. The Kier molecular flexibility index (Phi) is 4.34. The van der Waals surface area contributed by atoms with E-state index in [9.17, 15) is 5.11 Å². The number of likely N-dealkylation sites (N-methyl/N-ethyl adjacent to an activating group) is 1. The van der Waals surface area contributed by atoms with Crippen LogP contribution >= 0.6 is 11.3 Å². The molecule has 2 aliphatic heterocycles. The van der Waals surface area contributed by atoms with E-state index in [1.54, 1.807) is 11.3 Å². The van der Waals surface area contributed by atoms with Crippen LogP contribution in [0.3, 0.4) is 0 Å². The number of aromatic nitrogens is 1. The maximum atomic E-state index is 10.7. The van der Waals surface area contributed by atoms with Crippen LogP contribution in [0, 0.1) is 6.92 Å². The standard InChI is InChI=1S/C22H23N3O2S/c1-14-23-19-6-4-15(12-21(19)28-14)18-11-16-3-5-17(13-20(16)27-22(18)26)25-9-7-24(2)8-10-25/h3-6,11-13,22,26H,7-10H2,1-2H3. The summed E-state index contributed by atoms with van der Waals surface area (Å²) in [7, 11) is 2.15. The smallest absolute Gasteiger partial charge is 0.224 e. The van der Waals surface area contributed by atoms with Crippen molar-refractivity contribution in [1.82, 2.24) is 9.88 Å². The van der Waals surface area contributed by atoms with Crippen LogP contribution < -0.4 is 9.64 Å². The molecule has 6 heteroatoms. The minimum Gasteiger partial charge on any atom is -0.460 e. The van der Waals surface area contributed by atoms with Crippen LogP contribution in [0.4, 0.5) is 5.69 Å². The first-order valence-electron chi connectivity index (χ1n) is 9.58. The summed E-state index contributed by atoms with van der Waals surface area (Å²) in [5.41, 5.74) is 4.90. The van der Waals surface area contributed by atoms with Gasteiger partial charge in [-0.2, -0.15) is 0 Å². The molecule has 144 valence electrons. The first-order valence-corrected chi connectivity index (χ1v) is 10.4. The second kappa shape index (κ2) is 6.88. The summed E-state index contributed by atoms with van der Waals surface area (Å²) >= 11 is 1.67. The Morgan fingerprint density at radius 3 is 2.75 bits per heavy atom. The Morgan fingerprint density at radius 1 is 1.11 bits per heavy atom. The van der Waals surface area contributed by atoms with E-state index in [1.165, 1.54) is 0 Å². The first kappa shape index (κ1) is 17.7. The molecule has 0 amide bonds. The number of nitrogens with zero attached hydrogens (tertiary/aromatic N) is 3. The van der Waals surface area contributed by atoms with E-state index < -0.39 is 6.29 Å². The highest BCUT2D eigenvalue weighted by atomic mass is 32.1. The third-order valence-electron chi connectivity index (χ3n) is 5.51. The molecule has 0 aliphatic carbocycles. The molecule has 0 saturated carbocycles. The van der Waals surface area contributed by atoms with Crippen molar-refractivity contribution in [3.63, 3.8) is 0 Å². The van der Waals surface area contributed by atoms with Gasteiger partial charge < -0.3 is 19.6 Å². The molecular weight excluding hydrogens is 370 g/mol. The minimum absolute atomic E-state index is 0.738. The molecule has 1 saturated heterocycles. The predicted octanol–water partition coefficient (Wildman–Crippen LogP) is 3.61. The third kappa shape index (κ3) is 3.17. The number of fused-ring (bicyclic) bond motifs is 2. The van der Waals surface area contributed by atoms with Gasteiger partial charge in [0.1, 0.15) is 5.75 Å². The molecule has 1 fully saturated rings. The average Bonchev–Trinajstić information content (AvgIpc) is 3.07. The Balaban J connectivity index is 1.47. The van der Waals surface area contributed by atoms with Crippen LogP contribution in [0.15, 0.2) is 36.4 Å². The molecule has 3 heterocycles. The lowest BCUT2D eigenvalue weighted by Gasteiger charge is -2.34. The van der Waals surface area contributed by atoms with E-state index in [1.807, 2.05) is 31.2 Å². The van der Waals surface area contributed by atoms with Crippen LogP contribution in [-0.2, 0) is 0 Å². The van der Waals surface area contributed by atoms with E-state index in [0.717, 1.165) is 69.5 Å². The summed E-state index contributed by atoms with van der Waals surface area (Å²) in [4.78, 5) is 9.22. The molecular formula is C22H23N3O2S. The van der Waals surface area contributed by atoms with Gasteiger partial charge in [0.25, 0.3) is 0 Å². The largest absolute Gasteiger partial charge is 0.460 e. The fourth-order valence-corrected chi connectivity index (χ4v) is 4.74. The van der Waals surface area contributed by atoms with Crippen LogP contribution in [0.25, 0.3) is 21.9 Å². The number of aliphatic hydroxyl groups excluding tert-OH is 1. The second-order valence-corrected chi connectivity index (χ2v) is 8.73. The van der Waals surface area contributed by atoms with Crippen LogP contribution in [0.2, 0.25) is 0 Å². The number of ether oxygens (including phenoxy) is 1. The molecule has 0 bridgehead atoms. The van der Waals surface area contributed by atoms with E-state index in [0.29, 0.717) is 0 Å². The van der Waals surface area contributed by atoms with Crippen LogP contribution in [0.5, 0.6) is 5.75 Å². The summed E-state index contributed by atoms with van der Waals surface area (Å²) in [5, 5.41) is 11.7. The highest BCUT2D eigenvalue weighted by molar-refractivity contribution is 7.18. The van der Waals surface area contributed by atoms with Gasteiger partial charge in [0, 0.05) is 49.1 Å². The summed E-state index contributed by atoms with van der Waals surface area (Å²) in [6.07, 6.45) is 1.06.